The molecule has 16 heavy (non-hydrogen) atoms. The molecule has 3 nitrogen and oxygen atoms in total. The maximum Gasteiger partial charge on any atom is 0.234 e. The summed E-state index contributed by atoms with van der Waals surface area (Å²) in [5.74, 6) is 1.77. The van der Waals surface area contributed by atoms with Crippen LogP contribution >= 0.6 is 0 Å². The summed E-state index contributed by atoms with van der Waals surface area (Å²) in [6.45, 7) is 7.92. The number of rotatable bonds is 8. The molecule has 0 radical (unpaired) electrons. The van der Waals surface area contributed by atoms with Crippen molar-refractivity contribution in [1.29, 1.82) is 0 Å². The average Bonchev–Trinajstić information content (AvgIpc) is 3.09. The second-order valence-corrected chi connectivity index (χ2v) is 5.03. The van der Waals surface area contributed by atoms with Crippen LogP contribution in [0.5, 0.6) is 0 Å². The van der Waals surface area contributed by atoms with E-state index in [2.05, 4.69) is 31.4 Å². The van der Waals surface area contributed by atoms with Gasteiger partial charge >= 0.3 is 0 Å². The van der Waals surface area contributed by atoms with Crippen LogP contribution in [0.3, 0.4) is 0 Å². The highest BCUT2D eigenvalue weighted by atomic mass is 16.1. The van der Waals surface area contributed by atoms with Gasteiger partial charge < -0.3 is 10.6 Å². The van der Waals surface area contributed by atoms with Crippen molar-refractivity contribution >= 4 is 5.91 Å². The number of hydrogen-bond acceptors (Lipinski definition) is 2. The second-order valence-electron chi connectivity index (χ2n) is 5.03. The van der Waals surface area contributed by atoms with Gasteiger partial charge in [-0.3, -0.25) is 4.79 Å². The zero-order valence-corrected chi connectivity index (χ0v) is 10.9. The smallest absolute Gasteiger partial charge is 0.234 e. The molecule has 0 aliphatic heterocycles. The Kier molecular flexibility index (Phi) is 5.81. The number of hydrogen-bond donors (Lipinski definition) is 2. The third kappa shape index (κ3) is 4.97. The number of carbonyl (C=O) groups is 1. The molecule has 0 heterocycles. The van der Waals surface area contributed by atoms with Crippen LogP contribution in [0.4, 0.5) is 0 Å². The molecule has 94 valence electrons. The maximum atomic E-state index is 11.6. The first kappa shape index (κ1) is 13.5. The summed E-state index contributed by atoms with van der Waals surface area (Å²) in [6, 6.07) is 0.343. The fraction of sp³-hybridized carbons (Fsp3) is 0.923. The van der Waals surface area contributed by atoms with Gasteiger partial charge in [0.1, 0.15) is 0 Å². The van der Waals surface area contributed by atoms with Crippen molar-refractivity contribution in [2.75, 3.05) is 13.1 Å². The zero-order valence-electron chi connectivity index (χ0n) is 10.9. The van der Waals surface area contributed by atoms with Crippen molar-refractivity contribution in [2.24, 2.45) is 11.8 Å². The second kappa shape index (κ2) is 6.89. The molecule has 2 N–H and O–H groups in total. The van der Waals surface area contributed by atoms with Crippen LogP contribution < -0.4 is 10.6 Å². The molecule has 1 aliphatic rings. The third-order valence-electron chi connectivity index (χ3n) is 3.53. The van der Waals surface area contributed by atoms with Crippen molar-refractivity contribution in [2.45, 2.75) is 52.5 Å². The van der Waals surface area contributed by atoms with Crippen molar-refractivity contribution in [3.8, 4) is 0 Å². The highest BCUT2D eigenvalue weighted by Gasteiger charge is 2.27. The van der Waals surface area contributed by atoms with Gasteiger partial charge in [0, 0.05) is 6.04 Å². The SMILES string of the molecule is CCC(CC)NC(=O)CNCC(C)C1CC1. The van der Waals surface area contributed by atoms with Crippen LogP contribution in [0.1, 0.15) is 46.5 Å². The van der Waals surface area contributed by atoms with Gasteiger partial charge in [-0.05, 0) is 44.1 Å². The molecular formula is C13H26N2O. The molecule has 0 spiro atoms. The predicted octanol–water partition coefficient (Wildman–Crippen LogP) is 1.93. The molecule has 0 aromatic rings. The van der Waals surface area contributed by atoms with Crippen molar-refractivity contribution in [3.63, 3.8) is 0 Å². The van der Waals surface area contributed by atoms with Crippen LogP contribution in [-0.2, 0) is 4.79 Å². The molecule has 0 bridgehead atoms. The molecule has 0 saturated heterocycles. The largest absolute Gasteiger partial charge is 0.352 e. The quantitative estimate of drug-likeness (QED) is 0.664. The topological polar surface area (TPSA) is 41.1 Å². The predicted molar refractivity (Wildman–Crippen MR) is 67.3 cm³/mol. The van der Waals surface area contributed by atoms with E-state index in [1.54, 1.807) is 0 Å². The molecule has 1 fully saturated rings. The first-order valence-corrected chi connectivity index (χ1v) is 6.67. The van der Waals surface area contributed by atoms with Gasteiger partial charge in [0.2, 0.25) is 5.91 Å². The van der Waals surface area contributed by atoms with Crippen molar-refractivity contribution in [1.82, 2.24) is 10.6 Å². The molecule has 0 aromatic heterocycles. The minimum absolute atomic E-state index is 0.136. The summed E-state index contributed by atoms with van der Waals surface area (Å²) in [4.78, 5) is 11.6. The van der Waals surface area contributed by atoms with Crippen LogP contribution in [0.25, 0.3) is 0 Å². The molecule has 1 rings (SSSR count). The fourth-order valence-corrected chi connectivity index (χ4v) is 2.02. The average molecular weight is 226 g/mol. The molecule has 1 unspecified atom stereocenters. The minimum Gasteiger partial charge on any atom is -0.352 e. The van der Waals surface area contributed by atoms with E-state index < -0.39 is 0 Å². The van der Waals surface area contributed by atoms with Gasteiger partial charge in [-0.15, -0.1) is 0 Å². The lowest BCUT2D eigenvalue weighted by Gasteiger charge is -2.16. The molecule has 1 amide bonds. The van der Waals surface area contributed by atoms with Crippen LogP contribution in [0.15, 0.2) is 0 Å². The Bertz CT molecular complexity index is 210. The minimum atomic E-state index is 0.136. The van der Waals surface area contributed by atoms with Gasteiger partial charge in [0.15, 0.2) is 0 Å². The summed E-state index contributed by atoms with van der Waals surface area (Å²) >= 11 is 0. The molecule has 1 saturated carbocycles. The van der Waals surface area contributed by atoms with Gasteiger partial charge in [-0.1, -0.05) is 20.8 Å². The first-order valence-electron chi connectivity index (χ1n) is 6.67. The fourth-order valence-electron chi connectivity index (χ4n) is 2.02. The van der Waals surface area contributed by atoms with E-state index in [1.807, 2.05) is 0 Å². The normalized spacial score (nSPS) is 17.5. The Morgan fingerprint density at radius 2 is 1.94 bits per heavy atom. The lowest BCUT2D eigenvalue weighted by atomic mass is 10.1. The van der Waals surface area contributed by atoms with E-state index in [4.69, 9.17) is 0 Å². The molecule has 1 atom stereocenters. The van der Waals surface area contributed by atoms with E-state index in [-0.39, 0.29) is 5.91 Å². The lowest BCUT2D eigenvalue weighted by Crippen LogP contribution is -2.40. The maximum absolute atomic E-state index is 11.6. The Morgan fingerprint density at radius 3 is 2.44 bits per heavy atom. The first-order chi connectivity index (χ1) is 7.67. The Labute approximate surface area is 99.4 Å². The van der Waals surface area contributed by atoms with Gasteiger partial charge in [-0.2, -0.15) is 0 Å². The summed E-state index contributed by atoms with van der Waals surface area (Å²) in [7, 11) is 0. The number of amides is 1. The van der Waals surface area contributed by atoms with Gasteiger partial charge in [-0.25, -0.2) is 0 Å². The highest BCUT2D eigenvalue weighted by molar-refractivity contribution is 5.78. The summed E-state index contributed by atoms with van der Waals surface area (Å²) in [5, 5.41) is 6.28. The molecule has 1 aliphatic carbocycles. The standard InChI is InChI=1S/C13H26N2O/c1-4-12(5-2)15-13(16)9-14-8-10(3)11-6-7-11/h10-12,14H,4-9H2,1-3H3,(H,15,16). The lowest BCUT2D eigenvalue weighted by molar-refractivity contribution is -0.121. The van der Waals surface area contributed by atoms with Crippen LogP contribution in [0, 0.1) is 11.8 Å². The zero-order chi connectivity index (χ0) is 12.0. The van der Waals surface area contributed by atoms with Crippen molar-refractivity contribution in [3.05, 3.63) is 0 Å². The number of carbonyl (C=O) groups excluding carboxylic acids is 1. The Hall–Kier alpha value is -0.570. The van der Waals surface area contributed by atoms with E-state index in [0.717, 1.165) is 31.2 Å². The van der Waals surface area contributed by atoms with E-state index in [9.17, 15) is 4.79 Å². The van der Waals surface area contributed by atoms with E-state index in [1.165, 1.54) is 12.8 Å². The van der Waals surface area contributed by atoms with E-state index >= 15 is 0 Å². The van der Waals surface area contributed by atoms with Gasteiger partial charge in [0.05, 0.1) is 6.54 Å². The Morgan fingerprint density at radius 1 is 1.31 bits per heavy atom. The molecule has 3 heteroatoms. The van der Waals surface area contributed by atoms with E-state index in [0.29, 0.717) is 12.6 Å². The third-order valence-corrected chi connectivity index (χ3v) is 3.53. The highest BCUT2D eigenvalue weighted by Crippen LogP contribution is 2.35. The number of nitrogens with one attached hydrogen (secondary N) is 2. The molecular weight excluding hydrogens is 200 g/mol. The van der Waals surface area contributed by atoms with Crippen LogP contribution in [0.2, 0.25) is 0 Å². The monoisotopic (exact) mass is 226 g/mol. The summed E-state index contributed by atoms with van der Waals surface area (Å²) in [6.07, 6.45) is 4.78. The van der Waals surface area contributed by atoms with Crippen molar-refractivity contribution < 1.29 is 4.79 Å². The van der Waals surface area contributed by atoms with Crippen LogP contribution in [-0.4, -0.2) is 25.0 Å². The van der Waals surface area contributed by atoms with Gasteiger partial charge in [0.25, 0.3) is 0 Å². The summed E-state index contributed by atoms with van der Waals surface area (Å²) in [5.41, 5.74) is 0. The molecule has 0 aromatic carbocycles. The summed E-state index contributed by atoms with van der Waals surface area (Å²) < 4.78 is 0. The Balaban J connectivity index is 2.04.